The Balaban J connectivity index is 1.99. The molecule has 1 saturated carbocycles. The van der Waals surface area contributed by atoms with Crippen molar-refractivity contribution in [1.29, 1.82) is 0 Å². The molecule has 2 aliphatic rings. The molecule has 100 valence electrons. The Bertz CT molecular complexity index is 223. The lowest BCUT2D eigenvalue weighted by molar-refractivity contribution is 0.0404. The molecule has 2 N–H and O–H groups in total. The molecule has 1 heterocycles. The van der Waals surface area contributed by atoms with Crippen LogP contribution in [-0.4, -0.2) is 30.1 Å². The molecule has 2 heteroatoms. The van der Waals surface area contributed by atoms with Crippen molar-refractivity contribution < 1.29 is 0 Å². The van der Waals surface area contributed by atoms with Crippen molar-refractivity contribution in [2.75, 3.05) is 13.1 Å². The van der Waals surface area contributed by atoms with Gasteiger partial charge in [0, 0.05) is 25.2 Å². The molecule has 0 aromatic heterocycles. The fraction of sp³-hybridized carbons (Fsp3) is 1.00. The van der Waals surface area contributed by atoms with Crippen LogP contribution in [0.5, 0.6) is 0 Å². The van der Waals surface area contributed by atoms with E-state index in [0.29, 0.717) is 6.04 Å². The van der Waals surface area contributed by atoms with Crippen molar-refractivity contribution in [3.8, 4) is 0 Å². The molecule has 0 bridgehead atoms. The molecule has 1 aliphatic heterocycles. The number of rotatable bonds is 3. The van der Waals surface area contributed by atoms with Crippen LogP contribution in [-0.2, 0) is 0 Å². The third-order valence-electron chi connectivity index (χ3n) is 5.03. The van der Waals surface area contributed by atoms with E-state index in [2.05, 4.69) is 18.7 Å². The molecular weight excluding hydrogens is 208 g/mol. The minimum atomic E-state index is 0.660. The fourth-order valence-electron chi connectivity index (χ4n) is 3.90. The van der Waals surface area contributed by atoms with E-state index >= 15 is 0 Å². The van der Waals surface area contributed by atoms with Gasteiger partial charge in [-0.25, -0.2) is 0 Å². The highest BCUT2D eigenvalue weighted by Gasteiger charge is 2.33. The molecule has 1 aliphatic carbocycles. The molecule has 0 aromatic carbocycles. The van der Waals surface area contributed by atoms with Crippen LogP contribution in [0.4, 0.5) is 0 Å². The first kappa shape index (κ1) is 13.4. The zero-order valence-electron chi connectivity index (χ0n) is 11.7. The van der Waals surface area contributed by atoms with Crippen molar-refractivity contribution in [3.05, 3.63) is 0 Å². The van der Waals surface area contributed by atoms with Crippen LogP contribution in [0, 0.1) is 11.8 Å². The summed E-state index contributed by atoms with van der Waals surface area (Å²) in [5, 5.41) is 0. The molecule has 3 unspecified atom stereocenters. The third kappa shape index (κ3) is 3.23. The van der Waals surface area contributed by atoms with Gasteiger partial charge >= 0.3 is 0 Å². The zero-order chi connectivity index (χ0) is 12.3. The van der Waals surface area contributed by atoms with Gasteiger partial charge in [0.2, 0.25) is 0 Å². The molecule has 2 rings (SSSR count). The van der Waals surface area contributed by atoms with E-state index in [1.807, 2.05) is 0 Å². The lowest BCUT2D eigenvalue weighted by Gasteiger charge is -2.45. The molecule has 1 saturated heterocycles. The van der Waals surface area contributed by atoms with Gasteiger partial charge < -0.3 is 5.73 Å². The minimum Gasteiger partial charge on any atom is -0.329 e. The highest BCUT2D eigenvalue weighted by atomic mass is 15.2. The number of nitrogens with two attached hydrogens (primary N) is 1. The zero-order valence-corrected chi connectivity index (χ0v) is 11.7. The largest absolute Gasteiger partial charge is 0.329 e. The number of hydrogen-bond acceptors (Lipinski definition) is 2. The number of likely N-dealkylation sites (tertiary alicyclic amines) is 1. The quantitative estimate of drug-likeness (QED) is 0.819. The second kappa shape index (κ2) is 6.19. The SMILES string of the molecule is CC1CCC(C)N(C(CN)C2CCCCC2)C1. The topological polar surface area (TPSA) is 29.3 Å². The summed E-state index contributed by atoms with van der Waals surface area (Å²) in [4.78, 5) is 2.74. The van der Waals surface area contributed by atoms with Gasteiger partial charge in [0.05, 0.1) is 0 Å². The van der Waals surface area contributed by atoms with Crippen molar-refractivity contribution in [3.63, 3.8) is 0 Å². The Labute approximate surface area is 107 Å². The summed E-state index contributed by atoms with van der Waals surface area (Å²) in [7, 11) is 0. The van der Waals surface area contributed by atoms with Gasteiger partial charge in [-0.3, -0.25) is 4.90 Å². The molecular formula is C15H30N2. The van der Waals surface area contributed by atoms with E-state index in [0.717, 1.165) is 24.4 Å². The summed E-state index contributed by atoms with van der Waals surface area (Å²) in [5.74, 6) is 1.74. The summed E-state index contributed by atoms with van der Waals surface area (Å²) >= 11 is 0. The van der Waals surface area contributed by atoms with Gasteiger partial charge in [-0.2, -0.15) is 0 Å². The standard InChI is InChI=1S/C15H30N2/c1-12-8-9-13(2)17(11-12)15(10-16)14-6-4-3-5-7-14/h12-15H,3-11,16H2,1-2H3. The number of hydrogen-bond donors (Lipinski definition) is 1. The first-order valence-corrected chi connectivity index (χ1v) is 7.68. The maximum Gasteiger partial charge on any atom is 0.0249 e. The van der Waals surface area contributed by atoms with Crippen LogP contribution in [0.2, 0.25) is 0 Å². The second-order valence-electron chi connectivity index (χ2n) is 6.43. The summed E-state index contributed by atoms with van der Waals surface area (Å²) in [5.41, 5.74) is 6.10. The van der Waals surface area contributed by atoms with Crippen molar-refractivity contribution >= 4 is 0 Å². The van der Waals surface area contributed by atoms with E-state index in [1.54, 1.807) is 0 Å². The van der Waals surface area contributed by atoms with Crippen molar-refractivity contribution in [2.24, 2.45) is 17.6 Å². The van der Waals surface area contributed by atoms with Crippen LogP contribution in [0.25, 0.3) is 0 Å². The highest BCUT2D eigenvalue weighted by Crippen LogP contribution is 2.32. The lowest BCUT2D eigenvalue weighted by atomic mass is 9.81. The van der Waals surface area contributed by atoms with Crippen LogP contribution < -0.4 is 5.73 Å². The Morgan fingerprint density at radius 2 is 1.76 bits per heavy atom. The summed E-state index contributed by atoms with van der Waals surface area (Å²) in [6.45, 7) is 6.94. The van der Waals surface area contributed by atoms with Gasteiger partial charge in [-0.1, -0.05) is 26.2 Å². The van der Waals surface area contributed by atoms with Crippen molar-refractivity contribution in [2.45, 2.75) is 70.9 Å². The molecule has 0 amide bonds. The van der Waals surface area contributed by atoms with Gasteiger partial charge in [0.15, 0.2) is 0 Å². The Kier molecular flexibility index (Phi) is 4.87. The molecule has 3 atom stereocenters. The predicted molar refractivity (Wildman–Crippen MR) is 74.0 cm³/mol. The molecule has 2 nitrogen and oxygen atoms in total. The first-order chi connectivity index (χ1) is 8.22. The van der Waals surface area contributed by atoms with E-state index in [4.69, 9.17) is 5.73 Å². The van der Waals surface area contributed by atoms with E-state index in [-0.39, 0.29) is 0 Å². The van der Waals surface area contributed by atoms with Gasteiger partial charge in [0.25, 0.3) is 0 Å². The summed E-state index contributed by atoms with van der Waals surface area (Å²) in [6, 6.07) is 1.41. The molecule has 17 heavy (non-hydrogen) atoms. The van der Waals surface area contributed by atoms with Crippen LogP contribution in [0.3, 0.4) is 0 Å². The summed E-state index contributed by atoms with van der Waals surface area (Å²) in [6.07, 6.45) is 9.90. The number of nitrogens with zero attached hydrogens (tertiary/aromatic N) is 1. The van der Waals surface area contributed by atoms with E-state index in [9.17, 15) is 0 Å². The molecule has 0 radical (unpaired) electrons. The van der Waals surface area contributed by atoms with Gasteiger partial charge in [0.1, 0.15) is 0 Å². The predicted octanol–water partition coefficient (Wildman–Crippen LogP) is 3.01. The van der Waals surface area contributed by atoms with E-state index in [1.165, 1.54) is 51.5 Å². The smallest absolute Gasteiger partial charge is 0.0249 e. The average molecular weight is 238 g/mol. The molecule has 0 aromatic rings. The van der Waals surface area contributed by atoms with Crippen LogP contribution >= 0.6 is 0 Å². The Morgan fingerprint density at radius 1 is 1.06 bits per heavy atom. The molecule has 2 fully saturated rings. The van der Waals surface area contributed by atoms with Crippen LogP contribution in [0.15, 0.2) is 0 Å². The highest BCUT2D eigenvalue weighted by molar-refractivity contribution is 4.88. The minimum absolute atomic E-state index is 0.660. The monoisotopic (exact) mass is 238 g/mol. The second-order valence-corrected chi connectivity index (χ2v) is 6.43. The van der Waals surface area contributed by atoms with Gasteiger partial charge in [-0.15, -0.1) is 0 Å². The van der Waals surface area contributed by atoms with Crippen LogP contribution in [0.1, 0.15) is 58.8 Å². The number of piperidine rings is 1. The van der Waals surface area contributed by atoms with E-state index < -0.39 is 0 Å². The lowest BCUT2D eigenvalue weighted by Crippen LogP contribution is -2.53. The van der Waals surface area contributed by atoms with Crippen molar-refractivity contribution in [1.82, 2.24) is 4.90 Å². The third-order valence-corrected chi connectivity index (χ3v) is 5.03. The molecule has 0 spiro atoms. The first-order valence-electron chi connectivity index (χ1n) is 7.68. The maximum absolute atomic E-state index is 6.10. The fourth-order valence-corrected chi connectivity index (χ4v) is 3.90. The normalized spacial score (nSPS) is 34.8. The van der Waals surface area contributed by atoms with Gasteiger partial charge in [-0.05, 0) is 44.4 Å². The summed E-state index contributed by atoms with van der Waals surface area (Å²) < 4.78 is 0. The average Bonchev–Trinajstić information content (AvgIpc) is 2.36. The maximum atomic E-state index is 6.10. The Hall–Kier alpha value is -0.0800. The Morgan fingerprint density at radius 3 is 2.41 bits per heavy atom.